The molecule has 114 valence electrons. The van der Waals surface area contributed by atoms with E-state index in [4.69, 9.17) is 35.4 Å². The Morgan fingerprint density at radius 3 is 2.45 bits per heavy atom. The Labute approximate surface area is 146 Å². The maximum atomic E-state index is 6.05. The minimum Gasteiger partial charge on any atom is -0.347 e. The van der Waals surface area contributed by atoms with Crippen LogP contribution in [0.4, 0.5) is 5.69 Å². The standard InChI is InChI=1S/C17H16Cl2N2S/c1-12(18)11-21(2)17(22)20-16-8-4-6-14(10-16)13-5-3-7-15(19)9-13/h3-10H,1,11H2,2H3,(H,20,22). The number of hydrogen-bond acceptors (Lipinski definition) is 1. The fourth-order valence-electron chi connectivity index (χ4n) is 1.99. The van der Waals surface area contributed by atoms with Gasteiger partial charge < -0.3 is 10.2 Å². The van der Waals surface area contributed by atoms with Gasteiger partial charge in [-0.1, -0.05) is 54.0 Å². The lowest BCUT2D eigenvalue weighted by molar-refractivity contribution is 0.569. The van der Waals surface area contributed by atoms with Crippen LogP contribution < -0.4 is 5.32 Å². The summed E-state index contributed by atoms with van der Waals surface area (Å²) < 4.78 is 0. The molecule has 0 amide bonds. The molecule has 0 saturated heterocycles. The number of anilines is 1. The first-order valence-corrected chi connectivity index (χ1v) is 7.83. The molecule has 2 rings (SSSR count). The van der Waals surface area contributed by atoms with Gasteiger partial charge in [0.15, 0.2) is 5.11 Å². The quantitative estimate of drug-likeness (QED) is 0.744. The second-order valence-electron chi connectivity index (χ2n) is 4.89. The van der Waals surface area contributed by atoms with E-state index >= 15 is 0 Å². The summed E-state index contributed by atoms with van der Waals surface area (Å²) in [4.78, 5) is 1.83. The minimum atomic E-state index is 0.501. The van der Waals surface area contributed by atoms with Crippen molar-refractivity contribution in [2.24, 2.45) is 0 Å². The van der Waals surface area contributed by atoms with Gasteiger partial charge in [-0.25, -0.2) is 0 Å². The molecule has 0 heterocycles. The van der Waals surface area contributed by atoms with Crippen LogP contribution in [0.25, 0.3) is 11.1 Å². The lowest BCUT2D eigenvalue weighted by Gasteiger charge is -2.20. The van der Waals surface area contributed by atoms with Crippen molar-refractivity contribution in [1.29, 1.82) is 0 Å². The Hall–Kier alpha value is -1.55. The summed E-state index contributed by atoms with van der Waals surface area (Å²) in [5.41, 5.74) is 3.04. The number of nitrogens with one attached hydrogen (secondary N) is 1. The monoisotopic (exact) mass is 350 g/mol. The number of likely N-dealkylation sites (N-methyl/N-ethyl adjacent to an activating group) is 1. The third kappa shape index (κ3) is 4.73. The van der Waals surface area contributed by atoms with Gasteiger partial charge in [0.25, 0.3) is 0 Å². The third-order valence-electron chi connectivity index (χ3n) is 3.03. The molecule has 0 radical (unpaired) electrons. The van der Waals surface area contributed by atoms with Crippen molar-refractivity contribution < 1.29 is 0 Å². The average molecular weight is 351 g/mol. The first-order valence-electron chi connectivity index (χ1n) is 6.67. The molecule has 2 aromatic rings. The number of nitrogens with zero attached hydrogens (tertiary/aromatic N) is 1. The van der Waals surface area contributed by atoms with Crippen molar-refractivity contribution >= 4 is 46.2 Å². The first kappa shape index (κ1) is 16.8. The maximum Gasteiger partial charge on any atom is 0.173 e. The molecule has 0 fully saturated rings. The van der Waals surface area contributed by atoms with Crippen LogP contribution >= 0.6 is 35.4 Å². The van der Waals surface area contributed by atoms with E-state index in [0.717, 1.165) is 16.8 Å². The van der Waals surface area contributed by atoms with Crippen LogP contribution in [-0.4, -0.2) is 23.6 Å². The summed E-state index contributed by atoms with van der Waals surface area (Å²) in [7, 11) is 1.86. The van der Waals surface area contributed by atoms with Crippen LogP contribution in [0.5, 0.6) is 0 Å². The van der Waals surface area contributed by atoms with Crippen molar-refractivity contribution in [3.05, 3.63) is 65.2 Å². The Morgan fingerprint density at radius 2 is 1.82 bits per heavy atom. The highest BCUT2D eigenvalue weighted by Gasteiger charge is 2.06. The molecular weight excluding hydrogens is 335 g/mol. The van der Waals surface area contributed by atoms with Gasteiger partial charge in [0.2, 0.25) is 0 Å². The van der Waals surface area contributed by atoms with E-state index in [-0.39, 0.29) is 0 Å². The zero-order valence-electron chi connectivity index (χ0n) is 12.1. The number of hydrogen-bond donors (Lipinski definition) is 1. The highest BCUT2D eigenvalue weighted by Crippen LogP contribution is 2.25. The Kier molecular flexibility index (Phi) is 5.83. The fraction of sp³-hybridized carbons (Fsp3) is 0.118. The Balaban J connectivity index is 2.15. The number of rotatable bonds is 4. The van der Waals surface area contributed by atoms with Crippen LogP contribution in [-0.2, 0) is 0 Å². The van der Waals surface area contributed by atoms with Crippen molar-refractivity contribution in [1.82, 2.24) is 4.90 Å². The van der Waals surface area contributed by atoms with E-state index in [1.807, 2.05) is 60.5 Å². The Bertz CT molecular complexity index is 701. The number of halogens is 2. The molecule has 0 bridgehead atoms. The van der Waals surface area contributed by atoms with Crippen molar-refractivity contribution in [3.8, 4) is 11.1 Å². The molecule has 0 atom stereocenters. The SMILES string of the molecule is C=C(Cl)CN(C)C(=S)Nc1cccc(-c2cccc(Cl)c2)c1. The van der Waals surface area contributed by atoms with Gasteiger partial charge in [0, 0.05) is 22.8 Å². The van der Waals surface area contributed by atoms with E-state index in [1.54, 1.807) is 0 Å². The predicted octanol–water partition coefficient (Wildman–Crippen LogP) is 5.39. The summed E-state index contributed by atoms with van der Waals surface area (Å²) in [6.45, 7) is 4.17. The van der Waals surface area contributed by atoms with Crippen LogP contribution in [0.3, 0.4) is 0 Å². The molecule has 0 aliphatic carbocycles. The molecule has 1 N–H and O–H groups in total. The molecule has 0 saturated carbocycles. The molecule has 5 heteroatoms. The lowest BCUT2D eigenvalue weighted by Crippen LogP contribution is -2.31. The molecule has 22 heavy (non-hydrogen) atoms. The van der Waals surface area contributed by atoms with Gasteiger partial charge in [0.05, 0.1) is 6.54 Å². The Morgan fingerprint density at radius 1 is 1.18 bits per heavy atom. The molecule has 0 aromatic heterocycles. The summed E-state index contributed by atoms with van der Waals surface area (Å²) >= 11 is 17.2. The smallest absolute Gasteiger partial charge is 0.173 e. The topological polar surface area (TPSA) is 15.3 Å². The number of thiocarbonyl (C=S) groups is 1. The molecule has 0 unspecified atom stereocenters. The van der Waals surface area contributed by atoms with E-state index in [0.29, 0.717) is 21.7 Å². The molecule has 0 aliphatic rings. The molecule has 2 nitrogen and oxygen atoms in total. The highest BCUT2D eigenvalue weighted by atomic mass is 35.5. The average Bonchev–Trinajstić information content (AvgIpc) is 2.47. The molecule has 2 aromatic carbocycles. The van der Waals surface area contributed by atoms with Gasteiger partial charge in [-0.2, -0.15) is 0 Å². The van der Waals surface area contributed by atoms with Crippen LogP contribution in [0, 0.1) is 0 Å². The zero-order chi connectivity index (χ0) is 16.1. The van der Waals surface area contributed by atoms with Gasteiger partial charge >= 0.3 is 0 Å². The van der Waals surface area contributed by atoms with Crippen LogP contribution in [0.15, 0.2) is 60.1 Å². The summed E-state index contributed by atoms with van der Waals surface area (Å²) in [6.07, 6.45) is 0. The van der Waals surface area contributed by atoms with Gasteiger partial charge in [0.1, 0.15) is 0 Å². The van der Waals surface area contributed by atoms with E-state index in [2.05, 4.69) is 11.9 Å². The summed E-state index contributed by atoms with van der Waals surface area (Å²) in [5, 5.41) is 5.04. The van der Waals surface area contributed by atoms with Crippen LogP contribution in [0.1, 0.15) is 0 Å². The van der Waals surface area contributed by atoms with E-state index in [9.17, 15) is 0 Å². The second-order valence-corrected chi connectivity index (χ2v) is 6.25. The summed E-state index contributed by atoms with van der Waals surface area (Å²) in [5.74, 6) is 0. The maximum absolute atomic E-state index is 6.05. The molecule has 0 spiro atoms. The van der Waals surface area contributed by atoms with E-state index < -0.39 is 0 Å². The van der Waals surface area contributed by atoms with E-state index in [1.165, 1.54) is 0 Å². The third-order valence-corrected chi connectivity index (χ3v) is 3.80. The summed E-state index contributed by atoms with van der Waals surface area (Å²) in [6, 6.07) is 15.7. The van der Waals surface area contributed by atoms with Crippen molar-refractivity contribution in [2.75, 3.05) is 18.9 Å². The van der Waals surface area contributed by atoms with Crippen molar-refractivity contribution in [2.45, 2.75) is 0 Å². The first-order chi connectivity index (χ1) is 10.5. The van der Waals surface area contributed by atoms with Gasteiger partial charge in [-0.3, -0.25) is 0 Å². The van der Waals surface area contributed by atoms with Crippen LogP contribution in [0.2, 0.25) is 5.02 Å². The minimum absolute atomic E-state index is 0.501. The molecular formula is C17H16Cl2N2S. The number of benzene rings is 2. The molecule has 0 aliphatic heterocycles. The highest BCUT2D eigenvalue weighted by molar-refractivity contribution is 7.80. The predicted molar refractivity (Wildman–Crippen MR) is 101 cm³/mol. The van der Waals surface area contributed by atoms with Crippen molar-refractivity contribution in [3.63, 3.8) is 0 Å². The lowest BCUT2D eigenvalue weighted by atomic mass is 10.1. The largest absolute Gasteiger partial charge is 0.347 e. The normalized spacial score (nSPS) is 10.1. The fourth-order valence-corrected chi connectivity index (χ4v) is 2.54. The zero-order valence-corrected chi connectivity index (χ0v) is 14.5. The van der Waals surface area contributed by atoms with Gasteiger partial charge in [-0.05, 0) is 47.6 Å². The second kappa shape index (κ2) is 7.63. The van der Waals surface area contributed by atoms with Gasteiger partial charge in [-0.15, -0.1) is 0 Å².